The van der Waals surface area contributed by atoms with Crippen LogP contribution in [0.5, 0.6) is 0 Å². The maximum Gasteiger partial charge on any atom is 0.503 e. The van der Waals surface area contributed by atoms with Crippen molar-refractivity contribution in [3.05, 3.63) is 0 Å². The van der Waals surface area contributed by atoms with Crippen molar-refractivity contribution in [2.75, 3.05) is 48.5 Å². The van der Waals surface area contributed by atoms with Gasteiger partial charge >= 0.3 is 8.80 Å². The Morgan fingerprint density at radius 2 is 1.20 bits per heavy atom. The summed E-state index contributed by atoms with van der Waals surface area (Å²) in [6.45, 7) is 6.90. The summed E-state index contributed by atoms with van der Waals surface area (Å²) in [4.78, 5) is 0. The Balaban J connectivity index is 4.58. The van der Waals surface area contributed by atoms with Crippen LogP contribution in [0, 0.1) is 0 Å². The van der Waals surface area contributed by atoms with Gasteiger partial charge in [-0.2, -0.15) is 0 Å². The predicted octanol–water partition coefficient (Wildman–Crippen LogP) is 5.25. The van der Waals surface area contributed by atoms with Crippen molar-refractivity contribution < 1.29 is 17.8 Å². The van der Waals surface area contributed by atoms with E-state index in [9.17, 15) is 0 Å². The molecule has 4 nitrogen and oxygen atoms in total. The quantitative estimate of drug-likeness (QED) is 0.197. The van der Waals surface area contributed by atoms with Crippen molar-refractivity contribution in [3.63, 3.8) is 0 Å². The molecule has 1 atom stereocenters. The van der Waals surface area contributed by atoms with Crippen molar-refractivity contribution in [1.82, 2.24) is 0 Å². The van der Waals surface area contributed by atoms with Gasteiger partial charge in [0.05, 0.1) is 27.2 Å². The van der Waals surface area contributed by atoms with E-state index in [4.69, 9.17) is 13.3 Å². The molecule has 0 saturated heterocycles. The number of unbranched alkanes of at least 4 members (excludes halogenated alkanes) is 6. The second-order valence-electron chi connectivity index (χ2n) is 7.99. The molecule has 0 rings (SSSR count). The summed E-state index contributed by atoms with van der Waals surface area (Å²) in [7, 11) is 7.34. The van der Waals surface area contributed by atoms with Gasteiger partial charge in [-0.05, 0) is 12.8 Å². The highest BCUT2D eigenvalue weighted by atomic mass is 28.4. The zero-order valence-electron chi connectivity index (χ0n) is 18.2. The minimum absolute atomic E-state index is 0.400. The Kier molecular flexibility index (Phi) is 14.2. The Bertz CT molecular complexity index is 301. The lowest BCUT2D eigenvalue weighted by molar-refractivity contribution is -0.890. The van der Waals surface area contributed by atoms with Crippen LogP contribution in [0.3, 0.4) is 0 Å². The minimum atomic E-state index is -2.56. The van der Waals surface area contributed by atoms with Crippen LogP contribution in [-0.2, 0) is 13.3 Å². The van der Waals surface area contributed by atoms with Crippen LogP contribution in [0.25, 0.3) is 0 Å². The lowest BCUT2D eigenvalue weighted by atomic mass is 10.1. The van der Waals surface area contributed by atoms with Gasteiger partial charge in [-0.1, -0.05) is 58.8 Å². The van der Waals surface area contributed by atoms with E-state index in [2.05, 4.69) is 27.9 Å². The third kappa shape index (κ3) is 10.1. The summed E-state index contributed by atoms with van der Waals surface area (Å²) in [5, 5.41) is 0. The van der Waals surface area contributed by atoms with Crippen molar-refractivity contribution in [2.24, 2.45) is 0 Å². The SMILES string of the molecule is CCCCCCCCCC(CC[N+](C)(C)CCC)[Si](OC)(OC)OC. The van der Waals surface area contributed by atoms with Gasteiger partial charge in [-0.15, -0.1) is 0 Å². The summed E-state index contributed by atoms with van der Waals surface area (Å²) in [5.41, 5.74) is 0.400. The first-order chi connectivity index (χ1) is 11.9. The van der Waals surface area contributed by atoms with Crippen LogP contribution in [0.4, 0.5) is 0 Å². The first kappa shape index (κ1) is 25.1. The highest BCUT2D eigenvalue weighted by Crippen LogP contribution is 2.33. The van der Waals surface area contributed by atoms with E-state index < -0.39 is 8.80 Å². The second-order valence-corrected chi connectivity index (χ2v) is 11.2. The van der Waals surface area contributed by atoms with E-state index in [1.54, 1.807) is 21.3 Å². The van der Waals surface area contributed by atoms with E-state index >= 15 is 0 Å². The molecule has 0 aliphatic carbocycles. The highest BCUT2D eigenvalue weighted by molar-refractivity contribution is 6.62. The molecule has 0 aromatic rings. The van der Waals surface area contributed by atoms with Crippen LogP contribution < -0.4 is 0 Å². The second kappa shape index (κ2) is 14.2. The summed E-state index contributed by atoms with van der Waals surface area (Å²) < 4.78 is 18.5. The monoisotopic (exact) mass is 376 g/mol. The normalized spacial score (nSPS) is 14.0. The molecular weight excluding hydrogens is 330 g/mol. The Morgan fingerprint density at radius 1 is 0.680 bits per heavy atom. The van der Waals surface area contributed by atoms with Gasteiger partial charge in [-0.3, -0.25) is 0 Å². The van der Waals surface area contributed by atoms with E-state index in [0.29, 0.717) is 5.54 Å². The van der Waals surface area contributed by atoms with Crippen LogP contribution in [-0.4, -0.2) is 61.8 Å². The molecule has 0 heterocycles. The third-order valence-corrected chi connectivity index (χ3v) is 8.71. The van der Waals surface area contributed by atoms with Crippen LogP contribution in [0.1, 0.15) is 78.1 Å². The van der Waals surface area contributed by atoms with Crippen LogP contribution in [0.2, 0.25) is 5.54 Å². The molecule has 0 fully saturated rings. The third-order valence-electron chi connectivity index (χ3n) is 5.42. The molecular formula is C20H46NO3Si+. The maximum atomic E-state index is 5.82. The molecule has 0 N–H and O–H groups in total. The number of quaternary nitrogens is 1. The first-order valence-corrected chi connectivity index (χ1v) is 12.2. The molecule has 0 aliphatic heterocycles. The molecule has 0 aromatic heterocycles. The molecule has 5 heteroatoms. The minimum Gasteiger partial charge on any atom is -0.377 e. The molecule has 0 saturated carbocycles. The van der Waals surface area contributed by atoms with Crippen molar-refractivity contribution in [3.8, 4) is 0 Å². The molecule has 0 radical (unpaired) electrons. The van der Waals surface area contributed by atoms with Gasteiger partial charge in [0.15, 0.2) is 0 Å². The van der Waals surface area contributed by atoms with Crippen molar-refractivity contribution in [1.29, 1.82) is 0 Å². The van der Waals surface area contributed by atoms with Gasteiger partial charge in [-0.25, -0.2) is 0 Å². The molecule has 1 unspecified atom stereocenters. The first-order valence-electron chi connectivity index (χ1n) is 10.4. The maximum absolute atomic E-state index is 5.82. The Morgan fingerprint density at radius 3 is 1.68 bits per heavy atom. The predicted molar refractivity (Wildman–Crippen MR) is 110 cm³/mol. The Hall–Kier alpha value is 0.0569. The fourth-order valence-corrected chi connectivity index (χ4v) is 6.36. The average Bonchev–Trinajstić information content (AvgIpc) is 2.59. The molecule has 0 spiro atoms. The molecule has 152 valence electrons. The van der Waals surface area contributed by atoms with Crippen LogP contribution >= 0.6 is 0 Å². The standard InChI is InChI=1S/C20H46NO3Si/c1-8-10-11-12-13-14-15-16-20(25(22-5,23-6)24-7)17-19-21(3,4)18-9-2/h20H,8-19H2,1-7H3/q+1. The van der Waals surface area contributed by atoms with E-state index in [-0.39, 0.29) is 0 Å². The summed E-state index contributed by atoms with van der Waals surface area (Å²) in [5.74, 6) is 0. The summed E-state index contributed by atoms with van der Waals surface area (Å²) in [6, 6.07) is 0. The van der Waals surface area contributed by atoms with Crippen molar-refractivity contribution in [2.45, 2.75) is 83.6 Å². The zero-order valence-corrected chi connectivity index (χ0v) is 19.2. The average molecular weight is 377 g/mol. The number of hydrogen-bond donors (Lipinski definition) is 0. The van der Waals surface area contributed by atoms with Gasteiger partial charge in [0.25, 0.3) is 0 Å². The number of nitrogens with zero attached hydrogens (tertiary/aromatic N) is 1. The van der Waals surface area contributed by atoms with Crippen molar-refractivity contribution >= 4 is 8.80 Å². The molecule has 0 aromatic carbocycles. The van der Waals surface area contributed by atoms with Gasteiger partial charge in [0, 0.05) is 33.3 Å². The smallest absolute Gasteiger partial charge is 0.377 e. The molecule has 0 aliphatic rings. The fourth-order valence-electron chi connectivity index (χ4n) is 3.82. The zero-order chi connectivity index (χ0) is 19.2. The molecule has 0 bridgehead atoms. The molecule has 0 amide bonds. The van der Waals surface area contributed by atoms with E-state index in [1.165, 1.54) is 57.9 Å². The lowest BCUT2D eigenvalue weighted by Gasteiger charge is -2.36. The lowest BCUT2D eigenvalue weighted by Crippen LogP contribution is -2.50. The summed E-state index contributed by atoms with van der Waals surface area (Å²) in [6.07, 6.45) is 12.9. The topological polar surface area (TPSA) is 27.7 Å². The van der Waals surface area contributed by atoms with Crippen LogP contribution in [0.15, 0.2) is 0 Å². The fraction of sp³-hybridized carbons (Fsp3) is 1.00. The largest absolute Gasteiger partial charge is 0.503 e. The van der Waals surface area contributed by atoms with E-state index in [1.807, 2.05) is 0 Å². The number of rotatable bonds is 17. The van der Waals surface area contributed by atoms with E-state index in [0.717, 1.165) is 23.9 Å². The van der Waals surface area contributed by atoms with Gasteiger partial charge in [0.1, 0.15) is 0 Å². The highest BCUT2D eigenvalue weighted by Gasteiger charge is 2.47. The van der Waals surface area contributed by atoms with Gasteiger partial charge in [0.2, 0.25) is 0 Å². The number of hydrogen-bond acceptors (Lipinski definition) is 3. The Labute approximate surface area is 159 Å². The molecule has 25 heavy (non-hydrogen) atoms. The van der Waals surface area contributed by atoms with Gasteiger partial charge < -0.3 is 17.8 Å². The summed E-state index contributed by atoms with van der Waals surface area (Å²) >= 11 is 0.